The second-order valence-corrected chi connectivity index (χ2v) is 6.14. The molecule has 0 bridgehead atoms. The summed E-state index contributed by atoms with van der Waals surface area (Å²) in [5.74, 6) is -0.395. The third kappa shape index (κ3) is 3.73. The first kappa shape index (κ1) is 19.2. The zero-order valence-corrected chi connectivity index (χ0v) is 15.8. The van der Waals surface area contributed by atoms with Crippen LogP contribution in [0.1, 0.15) is 18.1 Å². The maximum absolute atomic E-state index is 12.9. The van der Waals surface area contributed by atoms with Gasteiger partial charge >= 0.3 is 6.03 Å². The van der Waals surface area contributed by atoms with Crippen LogP contribution < -0.4 is 19.7 Å². The van der Waals surface area contributed by atoms with Crippen molar-refractivity contribution in [1.29, 1.82) is 0 Å². The molecule has 0 aliphatic carbocycles. The number of imide groups is 2. The summed E-state index contributed by atoms with van der Waals surface area (Å²) in [6.07, 6.45) is 1.42. The number of carbonyl (C=O) groups is 3. The smallest absolute Gasteiger partial charge is 0.335 e. The Balaban J connectivity index is 1.99. The van der Waals surface area contributed by atoms with Crippen LogP contribution in [-0.4, -0.2) is 31.6 Å². The molecule has 2 aromatic carbocycles. The highest BCUT2D eigenvalue weighted by Crippen LogP contribution is 2.30. The predicted octanol–water partition coefficient (Wildman–Crippen LogP) is 3.07. The van der Waals surface area contributed by atoms with Crippen LogP contribution in [0.15, 0.2) is 48.0 Å². The average molecular weight is 380 g/mol. The number of barbiturate groups is 1. The molecule has 1 heterocycles. The quantitative estimate of drug-likeness (QED) is 0.637. The molecule has 1 fully saturated rings. The van der Waals surface area contributed by atoms with Crippen LogP contribution in [0.25, 0.3) is 6.08 Å². The first-order chi connectivity index (χ1) is 13.4. The summed E-state index contributed by atoms with van der Waals surface area (Å²) >= 11 is 0. The highest BCUT2D eigenvalue weighted by molar-refractivity contribution is 6.39. The summed E-state index contributed by atoms with van der Waals surface area (Å²) in [6, 6.07) is 11.2. The molecule has 7 nitrogen and oxygen atoms in total. The second-order valence-electron chi connectivity index (χ2n) is 6.14. The molecule has 0 saturated carbocycles. The predicted molar refractivity (Wildman–Crippen MR) is 104 cm³/mol. The van der Waals surface area contributed by atoms with Crippen LogP contribution in [0.4, 0.5) is 10.5 Å². The van der Waals surface area contributed by atoms with E-state index in [9.17, 15) is 14.4 Å². The number of urea groups is 1. The maximum atomic E-state index is 12.9. The van der Waals surface area contributed by atoms with Gasteiger partial charge in [-0.1, -0.05) is 23.8 Å². The van der Waals surface area contributed by atoms with E-state index in [0.717, 1.165) is 10.5 Å². The van der Waals surface area contributed by atoms with Gasteiger partial charge in [0.2, 0.25) is 0 Å². The van der Waals surface area contributed by atoms with Crippen LogP contribution in [0.5, 0.6) is 11.5 Å². The van der Waals surface area contributed by atoms with E-state index in [1.54, 1.807) is 42.5 Å². The number of hydrogen-bond acceptors (Lipinski definition) is 5. The molecule has 1 aliphatic heterocycles. The van der Waals surface area contributed by atoms with E-state index >= 15 is 0 Å². The normalized spacial score (nSPS) is 15.6. The SMILES string of the molecule is CCOc1cc(C=C2C(=O)NC(=O)N(c3ccc(C)cc3)C2=O)ccc1OC. The standard InChI is InChI=1S/C21H20N2O5/c1-4-28-18-12-14(7-10-17(18)27-3)11-16-19(24)22-21(26)23(20(16)25)15-8-5-13(2)6-9-15/h5-12H,4H2,1-3H3,(H,22,24,26). The Morgan fingerprint density at radius 1 is 1.04 bits per heavy atom. The Morgan fingerprint density at radius 3 is 2.39 bits per heavy atom. The first-order valence-corrected chi connectivity index (χ1v) is 8.73. The minimum Gasteiger partial charge on any atom is -0.493 e. The molecule has 4 amide bonds. The average Bonchev–Trinajstić information content (AvgIpc) is 2.67. The zero-order chi connectivity index (χ0) is 20.3. The van der Waals surface area contributed by atoms with E-state index in [0.29, 0.717) is 29.4 Å². The van der Waals surface area contributed by atoms with Crippen molar-refractivity contribution in [3.05, 3.63) is 59.2 Å². The van der Waals surface area contributed by atoms with Gasteiger partial charge < -0.3 is 9.47 Å². The van der Waals surface area contributed by atoms with E-state index < -0.39 is 17.8 Å². The fourth-order valence-corrected chi connectivity index (χ4v) is 2.80. The number of methoxy groups -OCH3 is 1. The third-order valence-electron chi connectivity index (χ3n) is 4.19. The second kappa shape index (κ2) is 7.96. The highest BCUT2D eigenvalue weighted by Gasteiger charge is 2.36. The van der Waals surface area contributed by atoms with E-state index in [-0.39, 0.29) is 5.57 Å². The number of aryl methyl sites for hydroxylation is 1. The van der Waals surface area contributed by atoms with Crippen molar-refractivity contribution in [2.45, 2.75) is 13.8 Å². The van der Waals surface area contributed by atoms with Gasteiger partial charge in [-0.05, 0) is 49.8 Å². The van der Waals surface area contributed by atoms with E-state index in [2.05, 4.69) is 5.32 Å². The summed E-state index contributed by atoms with van der Waals surface area (Å²) < 4.78 is 10.8. The Bertz CT molecular complexity index is 963. The van der Waals surface area contributed by atoms with Crippen LogP contribution in [0.2, 0.25) is 0 Å². The number of nitrogens with zero attached hydrogens (tertiary/aromatic N) is 1. The molecule has 0 radical (unpaired) electrons. The Morgan fingerprint density at radius 2 is 1.75 bits per heavy atom. The van der Waals surface area contributed by atoms with Crippen molar-refractivity contribution in [2.24, 2.45) is 0 Å². The number of rotatable bonds is 5. The van der Waals surface area contributed by atoms with E-state index in [1.165, 1.54) is 13.2 Å². The number of hydrogen-bond donors (Lipinski definition) is 1. The fraction of sp³-hybridized carbons (Fsp3) is 0.190. The lowest BCUT2D eigenvalue weighted by atomic mass is 10.1. The lowest BCUT2D eigenvalue weighted by molar-refractivity contribution is -0.122. The number of carbonyl (C=O) groups excluding carboxylic acids is 3. The van der Waals surface area contributed by atoms with Crippen molar-refractivity contribution >= 4 is 29.6 Å². The molecular formula is C21H20N2O5. The fourth-order valence-electron chi connectivity index (χ4n) is 2.80. The van der Waals surface area contributed by atoms with E-state index in [1.807, 2.05) is 13.8 Å². The number of amides is 4. The minimum atomic E-state index is -0.777. The van der Waals surface area contributed by atoms with Gasteiger partial charge in [-0.2, -0.15) is 0 Å². The van der Waals surface area contributed by atoms with Gasteiger partial charge in [0.15, 0.2) is 11.5 Å². The van der Waals surface area contributed by atoms with Crippen molar-refractivity contribution in [3.63, 3.8) is 0 Å². The first-order valence-electron chi connectivity index (χ1n) is 8.73. The lowest BCUT2D eigenvalue weighted by Crippen LogP contribution is -2.54. The van der Waals surface area contributed by atoms with Crippen LogP contribution >= 0.6 is 0 Å². The number of benzene rings is 2. The van der Waals surface area contributed by atoms with E-state index in [4.69, 9.17) is 9.47 Å². The third-order valence-corrected chi connectivity index (χ3v) is 4.19. The van der Waals surface area contributed by atoms with Gasteiger partial charge in [-0.15, -0.1) is 0 Å². The van der Waals surface area contributed by atoms with Crippen molar-refractivity contribution < 1.29 is 23.9 Å². The monoisotopic (exact) mass is 380 g/mol. The lowest BCUT2D eigenvalue weighted by Gasteiger charge is -2.26. The number of ether oxygens (including phenoxy) is 2. The zero-order valence-electron chi connectivity index (χ0n) is 15.8. The number of anilines is 1. The van der Waals surface area contributed by atoms with Gasteiger partial charge in [0, 0.05) is 0 Å². The molecule has 2 aromatic rings. The highest BCUT2D eigenvalue weighted by atomic mass is 16.5. The Labute approximate surface area is 162 Å². The molecule has 1 aliphatic rings. The summed E-state index contributed by atoms with van der Waals surface area (Å²) in [5, 5.41) is 2.21. The molecular weight excluding hydrogens is 360 g/mol. The van der Waals surface area contributed by atoms with Crippen molar-refractivity contribution in [1.82, 2.24) is 5.32 Å². The summed E-state index contributed by atoms with van der Waals surface area (Å²) in [6.45, 7) is 4.18. The molecule has 0 spiro atoms. The largest absolute Gasteiger partial charge is 0.493 e. The molecule has 1 N–H and O–H groups in total. The molecule has 0 unspecified atom stereocenters. The van der Waals surface area contributed by atoms with Gasteiger partial charge in [0.05, 0.1) is 19.4 Å². The molecule has 144 valence electrons. The topological polar surface area (TPSA) is 84.9 Å². The Kier molecular flexibility index (Phi) is 5.44. The molecule has 0 aromatic heterocycles. The summed E-state index contributed by atoms with van der Waals surface area (Å²) in [7, 11) is 1.53. The molecule has 3 rings (SSSR count). The minimum absolute atomic E-state index is 0.146. The van der Waals surface area contributed by atoms with Crippen LogP contribution in [0, 0.1) is 6.92 Å². The summed E-state index contributed by atoms with van der Waals surface area (Å²) in [4.78, 5) is 38.3. The van der Waals surface area contributed by atoms with Crippen LogP contribution in [-0.2, 0) is 9.59 Å². The number of nitrogens with one attached hydrogen (secondary N) is 1. The van der Waals surface area contributed by atoms with Gasteiger partial charge in [-0.3, -0.25) is 14.9 Å². The molecule has 7 heteroatoms. The Hall–Kier alpha value is -3.61. The summed E-state index contributed by atoms with van der Waals surface area (Å²) in [5.41, 5.74) is 1.80. The van der Waals surface area contributed by atoms with Crippen molar-refractivity contribution in [2.75, 3.05) is 18.6 Å². The molecule has 28 heavy (non-hydrogen) atoms. The van der Waals surface area contributed by atoms with Gasteiger partial charge in [0.25, 0.3) is 11.8 Å². The molecule has 1 saturated heterocycles. The maximum Gasteiger partial charge on any atom is 0.335 e. The van der Waals surface area contributed by atoms with Gasteiger partial charge in [-0.25, -0.2) is 9.69 Å². The van der Waals surface area contributed by atoms with Crippen molar-refractivity contribution in [3.8, 4) is 11.5 Å². The van der Waals surface area contributed by atoms with Gasteiger partial charge in [0.1, 0.15) is 5.57 Å². The molecule has 0 atom stereocenters. The van der Waals surface area contributed by atoms with Crippen LogP contribution in [0.3, 0.4) is 0 Å².